The largest absolute Gasteiger partial charge is 0.454 e. The van der Waals surface area contributed by atoms with Gasteiger partial charge in [-0.05, 0) is 12.8 Å². The molecule has 0 aliphatic heterocycles. The molecule has 2 nitrogen and oxygen atoms in total. The van der Waals surface area contributed by atoms with E-state index < -0.39 is 0 Å². The molecular formula is C5H10NOSi. The lowest BCUT2D eigenvalue weighted by molar-refractivity contribution is 0.374. The second kappa shape index (κ2) is 3.66. The molecule has 0 amide bonds. The summed E-state index contributed by atoms with van der Waals surface area (Å²) in [6, 6.07) is 0. The molecule has 45 valence electrons. The molecule has 0 aromatic heterocycles. The maximum absolute atomic E-state index is 4.36. The number of nitrogens with zero attached hydrogens (tertiary/aromatic N) is 1. The lowest BCUT2D eigenvalue weighted by Crippen LogP contribution is -2.01. The second-order valence-corrected chi connectivity index (χ2v) is 2.16. The lowest BCUT2D eigenvalue weighted by Gasteiger charge is -2.00. The molecular weight excluding hydrogens is 118 g/mol. The van der Waals surface area contributed by atoms with Crippen molar-refractivity contribution in [2.75, 3.05) is 0 Å². The Morgan fingerprint density at radius 1 is 1.62 bits per heavy atom. The van der Waals surface area contributed by atoms with Crippen LogP contribution in [0.25, 0.3) is 0 Å². The summed E-state index contributed by atoms with van der Waals surface area (Å²) < 4.78 is 4.36. The van der Waals surface area contributed by atoms with Crippen LogP contribution in [0.2, 0.25) is 0 Å². The summed E-state index contributed by atoms with van der Waals surface area (Å²) in [4.78, 5) is 0. The Bertz CT molecular complexity index is 90.4. The van der Waals surface area contributed by atoms with Gasteiger partial charge in [0.15, 0.2) is 0 Å². The van der Waals surface area contributed by atoms with Crippen LogP contribution in [0.4, 0.5) is 0 Å². The highest BCUT2D eigenvalue weighted by Gasteiger charge is 1.95. The highest BCUT2D eigenvalue weighted by molar-refractivity contribution is 5.98. The maximum atomic E-state index is 4.36. The van der Waals surface area contributed by atoms with E-state index in [1.54, 1.807) is 0 Å². The van der Waals surface area contributed by atoms with Crippen LogP contribution in [0, 0.1) is 5.92 Å². The SMILES string of the molecule is C/C(=N\O[Si])C(C)C. The van der Waals surface area contributed by atoms with Gasteiger partial charge in [0, 0.05) is 0 Å². The average Bonchev–Trinajstić information content (AvgIpc) is 1.67. The number of oxime groups is 1. The minimum absolute atomic E-state index is 0.464. The lowest BCUT2D eigenvalue weighted by atomic mass is 10.1. The Labute approximate surface area is 53.5 Å². The molecule has 0 saturated carbocycles. The van der Waals surface area contributed by atoms with Crippen LogP contribution in [0.15, 0.2) is 5.16 Å². The fourth-order valence-corrected chi connectivity index (χ4v) is 0.321. The third kappa shape index (κ3) is 2.79. The summed E-state index contributed by atoms with van der Waals surface area (Å²) in [7, 11) is 2.77. The predicted molar refractivity (Wildman–Crippen MR) is 34.8 cm³/mol. The zero-order valence-electron chi connectivity index (χ0n) is 5.43. The van der Waals surface area contributed by atoms with Crippen molar-refractivity contribution >= 4 is 16.2 Å². The predicted octanol–water partition coefficient (Wildman–Crippen LogP) is 1.12. The molecule has 0 aliphatic carbocycles. The first-order valence-corrected chi connectivity index (χ1v) is 2.96. The third-order valence-electron chi connectivity index (χ3n) is 1.03. The highest BCUT2D eigenvalue weighted by Crippen LogP contribution is 1.94. The van der Waals surface area contributed by atoms with Crippen LogP contribution < -0.4 is 0 Å². The summed E-state index contributed by atoms with van der Waals surface area (Å²) in [5.41, 5.74) is 0.986. The van der Waals surface area contributed by atoms with Gasteiger partial charge in [-0.15, -0.1) is 5.16 Å². The Kier molecular flexibility index (Phi) is 3.52. The molecule has 0 aromatic rings. The van der Waals surface area contributed by atoms with Gasteiger partial charge in [0.25, 0.3) is 0 Å². The van der Waals surface area contributed by atoms with Crippen LogP contribution in [0.5, 0.6) is 0 Å². The summed E-state index contributed by atoms with van der Waals surface area (Å²) in [6.07, 6.45) is 0. The molecule has 0 heterocycles. The van der Waals surface area contributed by atoms with Crippen LogP contribution in [-0.2, 0) is 4.53 Å². The number of hydrogen-bond donors (Lipinski definition) is 0. The molecule has 0 rings (SSSR count). The number of rotatable bonds is 2. The van der Waals surface area contributed by atoms with E-state index in [-0.39, 0.29) is 0 Å². The van der Waals surface area contributed by atoms with Crippen molar-refractivity contribution < 1.29 is 4.53 Å². The van der Waals surface area contributed by atoms with Crippen LogP contribution in [0.3, 0.4) is 0 Å². The first-order valence-electron chi connectivity index (χ1n) is 2.55. The van der Waals surface area contributed by atoms with E-state index in [2.05, 4.69) is 34.0 Å². The van der Waals surface area contributed by atoms with Crippen molar-refractivity contribution in [1.82, 2.24) is 0 Å². The van der Waals surface area contributed by atoms with Gasteiger partial charge >= 0.3 is 10.5 Å². The molecule has 3 heteroatoms. The van der Waals surface area contributed by atoms with E-state index in [1.807, 2.05) is 6.92 Å². The quantitative estimate of drug-likeness (QED) is 0.310. The smallest absolute Gasteiger partial charge is 0.387 e. The van der Waals surface area contributed by atoms with Gasteiger partial charge in [0.05, 0.1) is 5.71 Å². The molecule has 0 aromatic carbocycles. The zero-order valence-corrected chi connectivity index (χ0v) is 6.43. The van der Waals surface area contributed by atoms with Crippen LogP contribution >= 0.6 is 0 Å². The van der Waals surface area contributed by atoms with E-state index in [4.69, 9.17) is 0 Å². The molecule has 0 N–H and O–H groups in total. The minimum Gasteiger partial charge on any atom is -0.454 e. The standard InChI is InChI=1S/C5H10NOSi/c1-4(2)5(3)6-7-8/h4H,1-3H3/b6-5+. The van der Waals surface area contributed by atoms with E-state index >= 15 is 0 Å². The molecule has 0 unspecified atom stereocenters. The Hall–Kier alpha value is -0.313. The highest BCUT2D eigenvalue weighted by atomic mass is 28.2. The molecule has 3 radical (unpaired) electrons. The Balaban J connectivity index is 3.61. The Morgan fingerprint density at radius 2 is 2.12 bits per heavy atom. The molecule has 8 heavy (non-hydrogen) atoms. The zero-order chi connectivity index (χ0) is 6.57. The monoisotopic (exact) mass is 128 g/mol. The maximum Gasteiger partial charge on any atom is 0.387 e. The van der Waals surface area contributed by atoms with Crippen molar-refractivity contribution in [2.45, 2.75) is 20.8 Å². The van der Waals surface area contributed by atoms with E-state index in [0.717, 1.165) is 5.71 Å². The topological polar surface area (TPSA) is 21.6 Å². The molecule has 0 fully saturated rings. The van der Waals surface area contributed by atoms with Gasteiger partial charge in [-0.3, -0.25) is 0 Å². The normalized spacial score (nSPS) is 12.4. The van der Waals surface area contributed by atoms with Gasteiger partial charge in [-0.1, -0.05) is 13.8 Å². The van der Waals surface area contributed by atoms with Gasteiger partial charge in [0.1, 0.15) is 0 Å². The molecule has 0 atom stereocenters. The molecule has 0 aliphatic rings. The minimum atomic E-state index is 0.464. The summed E-state index contributed by atoms with van der Waals surface area (Å²) in [5.74, 6) is 0.464. The second-order valence-electron chi connectivity index (χ2n) is 1.98. The fourth-order valence-electron chi connectivity index (χ4n) is 0.177. The molecule has 0 bridgehead atoms. The Morgan fingerprint density at radius 3 is 2.25 bits per heavy atom. The third-order valence-corrected chi connectivity index (χ3v) is 1.12. The van der Waals surface area contributed by atoms with Crippen LogP contribution in [-0.4, -0.2) is 16.2 Å². The van der Waals surface area contributed by atoms with E-state index in [0.29, 0.717) is 5.92 Å². The first kappa shape index (κ1) is 7.69. The van der Waals surface area contributed by atoms with Crippen molar-refractivity contribution in [1.29, 1.82) is 0 Å². The van der Waals surface area contributed by atoms with Gasteiger partial charge in [-0.2, -0.15) is 0 Å². The van der Waals surface area contributed by atoms with Crippen molar-refractivity contribution in [3.8, 4) is 0 Å². The van der Waals surface area contributed by atoms with Crippen LogP contribution in [0.1, 0.15) is 20.8 Å². The van der Waals surface area contributed by atoms with E-state index in [9.17, 15) is 0 Å². The number of hydrogen-bond acceptors (Lipinski definition) is 2. The first-order chi connectivity index (χ1) is 3.68. The summed E-state index contributed by atoms with van der Waals surface area (Å²) in [5, 5.41) is 3.65. The van der Waals surface area contributed by atoms with Gasteiger partial charge in [0.2, 0.25) is 0 Å². The van der Waals surface area contributed by atoms with E-state index in [1.165, 1.54) is 0 Å². The molecule has 0 saturated heterocycles. The fraction of sp³-hybridized carbons (Fsp3) is 0.800. The van der Waals surface area contributed by atoms with Crippen molar-refractivity contribution in [3.63, 3.8) is 0 Å². The van der Waals surface area contributed by atoms with Crippen molar-refractivity contribution in [2.24, 2.45) is 11.1 Å². The van der Waals surface area contributed by atoms with Gasteiger partial charge < -0.3 is 4.53 Å². The molecule has 0 spiro atoms. The average molecular weight is 128 g/mol. The summed E-state index contributed by atoms with van der Waals surface area (Å²) >= 11 is 0. The van der Waals surface area contributed by atoms with Gasteiger partial charge in [-0.25, -0.2) is 0 Å². The summed E-state index contributed by atoms with van der Waals surface area (Å²) in [6.45, 7) is 6.04. The van der Waals surface area contributed by atoms with Crippen molar-refractivity contribution in [3.05, 3.63) is 0 Å².